The van der Waals surface area contributed by atoms with E-state index in [-0.39, 0.29) is 30.7 Å². The third-order valence-corrected chi connectivity index (χ3v) is 6.48. The summed E-state index contributed by atoms with van der Waals surface area (Å²) < 4.78 is 9.97. The van der Waals surface area contributed by atoms with Gasteiger partial charge in [-0.05, 0) is 38.5 Å². The minimum absolute atomic E-state index is 0.0247. The number of carbonyl (C=O) groups is 3. The van der Waals surface area contributed by atoms with E-state index in [4.69, 9.17) is 14.6 Å². The summed E-state index contributed by atoms with van der Waals surface area (Å²) in [4.78, 5) is 33.4. The number of carbonyl (C=O) groups excluding carboxylic acids is 2. The Balaban J connectivity index is 3.38. The van der Waals surface area contributed by atoms with Crippen molar-refractivity contribution in [3.63, 3.8) is 0 Å². The molecule has 0 aromatic rings. The van der Waals surface area contributed by atoms with Crippen LogP contribution in [0.25, 0.3) is 0 Å². The summed E-state index contributed by atoms with van der Waals surface area (Å²) in [7, 11) is 2.21. The van der Waals surface area contributed by atoms with Gasteiger partial charge in [0.2, 0.25) is 0 Å². The number of carboxylic acids is 1. The molecule has 0 saturated heterocycles. The van der Waals surface area contributed by atoms with Crippen molar-refractivity contribution in [2.75, 3.05) is 24.7 Å². The minimum atomic E-state index is -0.924. The smallest absolute Gasteiger partial charge is 0.316 e. The molecule has 0 fully saturated rings. The van der Waals surface area contributed by atoms with E-state index in [1.165, 1.54) is 38.5 Å². The quantitative estimate of drug-likeness (QED) is 0.0815. The summed E-state index contributed by atoms with van der Waals surface area (Å²) in [6, 6.07) is 0. The summed E-state index contributed by atoms with van der Waals surface area (Å²) >= 11 is 0. The predicted molar refractivity (Wildman–Crippen MR) is 134 cm³/mol. The predicted octanol–water partition coefficient (Wildman–Crippen LogP) is 6.35. The average Bonchev–Trinajstić information content (AvgIpc) is 2.77. The van der Waals surface area contributed by atoms with Crippen LogP contribution in [0.15, 0.2) is 24.3 Å². The van der Waals surface area contributed by atoms with Gasteiger partial charge in [0.25, 0.3) is 0 Å². The number of aliphatic carboxylic acids is 1. The van der Waals surface area contributed by atoms with Crippen LogP contribution in [0.1, 0.15) is 84.0 Å². The molecule has 0 aliphatic rings. The van der Waals surface area contributed by atoms with Gasteiger partial charge in [-0.1, -0.05) is 84.9 Å². The second-order valence-corrected chi connectivity index (χ2v) is 9.80. The van der Waals surface area contributed by atoms with Crippen molar-refractivity contribution in [2.45, 2.75) is 84.0 Å². The Morgan fingerprint density at radius 3 is 1.94 bits per heavy atom. The zero-order valence-corrected chi connectivity index (χ0v) is 21.1. The zero-order chi connectivity index (χ0) is 23.7. The Kier molecular flexibility index (Phi) is 23.2. The Morgan fingerprint density at radius 2 is 1.28 bits per heavy atom. The van der Waals surface area contributed by atoms with E-state index in [1.54, 1.807) is 0 Å². The van der Waals surface area contributed by atoms with Crippen molar-refractivity contribution >= 4 is 39.5 Å². The van der Waals surface area contributed by atoms with Crippen LogP contribution in [0.5, 0.6) is 0 Å². The van der Waals surface area contributed by atoms with Gasteiger partial charge >= 0.3 is 17.9 Å². The molecular formula is C24H40O6S2. The number of allylic oxidation sites excluding steroid dienone is 4. The van der Waals surface area contributed by atoms with Gasteiger partial charge in [-0.2, -0.15) is 0 Å². The van der Waals surface area contributed by atoms with Crippen LogP contribution in [-0.2, 0) is 23.9 Å². The molecule has 0 aliphatic carbocycles. The Labute approximate surface area is 201 Å². The van der Waals surface area contributed by atoms with Gasteiger partial charge < -0.3 is 14.6 Å². The number of unbranched alkanes of at least 4 members (excludes halogenated alkanes) is 8. The summed E-state index contributed by atoms with van der Waals surface area (Å²) in [5.41, 5.74) is 0. The Hall–Kier alpha value is -1.41. The van der Waals surface area contributed by atoms with E-state index in [1.807, 2.05) is 0 Å². The maximum atomic E-state index is 11.7. The molecule has 0 aliphatic heterocycles. The number of hydrogen-bond acceptors (Lipinski definition) is 7. The first-order valence-corrected chi connectivity index (χ1v) is 14.1. The molecule has 0 bridgehead atoms. The van der Waals surface area contributed by atoms with Crippen LogP contribution in [0.2, 0.25) is 0 Å². The fourth-order valence-electron chi connectivity index (χ4n) is 2.69. The molecule has 0 radical (unpaired) electrons. The number of esters is 2. The van der Waals surface area contributed by atoms with Crippen molar-refractivity contribution in [2.24, 2.45) is 0 Å². The molecule has 0 rings (SSSR count). The lowest BCUT2D eigenvalue weighted by atomic mass is 10.1. The second kappa shape index (κ2) is 24.2. The number of hydrogen-bond donors (Lipinski definition) is 1. The van der Waals surface area contributed by atoms with E-state index in [9.17, 15) is 14.4 Å². The van der Waals surface area contributed by atoms with Crippen LogP contribution in [0, 0.1) is 0 Å². The van der Waals surface area contributed by atoms with Crippen LogP contribution in [0.4, 0.5) is 0 Å². The van der Waals surface area contributed by atoms with E-state index in [0.717, 1.165) is 53.7 Å². The molecular weight excluding hydrogens is 448 g/mol. The monoisotopic (exact) mass is 488 g/mol. The molecule has 0 aromatic carbocycles. The summed E-state index contributed by atoms with van der Waals surface area (Å²) in [6.07, 6.45) is 21.9. The lowest BCUT2D eigenvalue weighted by molar-refractivity contribution is -0.150. The number of ether oxygens (including phenoxy) is 2. The van der Waals surface area contributed by atoms with Crippen molar-refractivity contribution in [1.82, 2.24) is 0 Å². The first-order chi connectivity index (χ1) is 15.6. The van der Waals surface area contributed by atoms with E-state index in [2.05, 4.69) is 31.2 Å². The van der Waals surface area contributed by atoms with Gasteiger partial charge in [-0.3, -0.25) is 14.4 Å². The summed E-state index contributed by atoms with van der Waals surface area (Å²) in [5, 5.41) is 8.48. The van der Waals surface area contributed by atoms with Crippen molar-refractivity contribution in [3.8, 4) is 0 Å². The van der Waals surface area contributed by atoms with Crippen LogP contribution in [0.3, 0.4) is 0 Å². The third-order valence-electron chi connectivity index (χ3n) is 4.38. The average molecular weight is 489 g/mol. The Bertz CT molecular complexity index is 549. The molecule has 1 N–H and O–H groups in total. The zero-order valence-electron chi connectivity index (χ0n) is 19.4. The molecule has 32 heavy (non-hydrogen) atoms. The molecule has 0 spiro atoms. The lowest BCUT2D eigenvalue weighted by Crippen LogP contribution is -2.14. The highest BCUT2D eigenvalue weighted by Gasteiger charge is 2.07. The van der Waals surface area contributed by atoms with Crippen molar-refractivity contribution < 1.29 is 29.0 Å². The van der Waals surface area contributed by atoms with Crippen molar-refractivity contribution in [1.29, 1.82) is 0 Å². The molecule has 8 heteroatoms. The maximum Gasteiger partial charge on any atom is 0.316 e. The summed E-state index contributed by atoms with van der Waals surface area (Å²) in [6.45, 7) is 2.30. The van der Waals surface area contributed by atoms with Gasteiger partial charge in [-0.25, -0.2) is 0 Å². The highest BCUT2D eigenvalue weighted by atomic mass is 33.1. The van der Waals surface area contributed by atoms with Gasteiger partial charge in [0, 0.05) is 6.42 Å². The van der Waals surface area contributed by atoms with Gasteiger partial charge in [0.1, 0.15) is 24.7 Å². The normalized spacial score (nSPS) is 11.3. The highest BCUT2D eigenvalue weighted by molar-refractivity contribution is 8.77. The molecule has 0 atom stereocenters. The topological polar surface area (TPSA) is 89.9 Å². The molecule has 184 valence electrons. The van der Waals surface area contributed by atoms with E-state index >= 15 is 0 Å². The van der Waals surface area contributed by atoms with E-state index < -0.39 is 11.9 Å². The number of carboxylic acid groups (broad SMARTS) is 1. The standard InChI is InChI=1S/C24H40O6S2/c1-2-3-4-5-6-7-8-9-10-11-12-13-14-15-16-17-23(27)29-18-19-30-24(28)21-32-31-20-22(25)26/h6-7,9-10H,2-5,8,11-21H2,1H3,(H,25,26)/b7-6-,10-9-. The first-order valence-electron chi connectivity index (χ1n) is 11.6. The maximum absolute atomic E-state index is 11.7. The molecule has 0 amide bonds. The van der Waals surface area contributed by atoms with E-state index in [0.29, 0.717) is 6.42 Å². The third kappa shape index (κ3) is 24.9. The van der Waals surface area contributed by atoms with Gasteiger partial charge in [0.05, 0.1) is 0 Å². The first kappa shape index (κ1) is 30.6. The lowest BCUT2D eigenvalue weighted by Gasteiger charge is -2.06. The van der Waals surface area contributed by atoms with Gasteiger partial charge in [-0.15, -0.1) is 0 Å². The molecule has 0 saturated carbocycles. The van der Waals surface area contributed by atoms with Crippen molar-refractivity contribution in [3.05, 3.63) is 24.3 Å². The van der Waals surface area contributed by atoms with Crippen LogP contribution < -0.4 is 0 Å². The molecule has 6 nitrogen and oxygen atoms in total. The fraction of sp³-hybridized carbons (Fsp3) is 0.708. The fourth-order valence-corrected chi connectivity index (χ4v) is 4.23. The van der Waals surface area contributed by atoms with Gasteiger partial charge in [0.15, 0.2) is 0 Å². The summed E-state index contributed by atoms with van der Waals surface area (Å²) in [5.74, 6) is -1.63. The molecule has 0 unspecified atom stereocenters. The second-order valence-electron chi connectivity index (χ2n) is 7.34. The molecule has 0 aromatic heterocycles. The number of rotatable bonds is 22. The highest BCUT2D eigenvalue weighted by Crippen LogP contribution is 2.20. The molecule has 0 heterocycles. The SMILES string of the molecule is CCCCC/C=C\C/C=C\CCCCCCCC(=O)OCCOC(=O)CSSCC(=O)O. The van der Waals surface area contributed by atoms with Crippen LogP contribution >= 0.6 is 21.6 Å². The van der Waals surface area contributed by atoms with Crippen LogP contribution in [-0.4, -0.2) is 47.7 Å². The minimum Gasteiger partial charge on any atom is -0.481 e. The largest absolute Gasteiger partial charge is 0.481 e. The Morgan fingerprint density at radius 1 is 0.719 bits per heavy atom.